The molecular weight excluding hydrogens is 284 g/mol. The Bertz CT molecular complexity index is 537. The molecule has 0 atom stereocenters. The minimum absolute atomic E-state index is 0.282. The van der Waals surface area contributed by atoms with Gasteiger partial charge in [0.25, 0.3) is 0 Å². The Morgan fingerprint density at radius 2 is 2.35 bits per heavy atom. The summed E-state index contributed by atoms with van der Waals surface area (Å²) in [6.45, 7) is 2.11. The molecule has 0 spiro atoms. The van der Waals surface area contributed by atoms with Gasteiger partial charge in [-0.15, -0.1) is 0 Å². The molecule has 0 saturated heterocycles. The van der Waals surface area contributed by atoms with E-state index >= 15 is 0 Å². The molecule has 2 rings (SSSR count). The highest BCUT2D eigenvalue weighted by molar-refractivity contribution is 9.10. The van der Waals surface area contributed by atoms with Crippen molar-refractivity contribution in [3.63, 3.8) is 0 Å². The fraction of sp³-hybridized carbons (Fsp3) is 0.167. The highest BCUT2D eigenvalue weighted by Crippen LogP contribution is 2.17. The Labute approximate surface area is 107 Å². The summed E-state index contributed by atoms with van der Waals surface area (Å²) in [4.78, 5) is 15.7. The van der Waals surface area contributed by atoms with E-state index in [9.17, 15) is 4.79 Å². The molecule has 88 valence electrons. The van der Waals surface area contributed by atoms with Crippen molar-refractivity contribution in [2.75, 3.05) is 6.61 Å². The summed E-state index contributed by atoms with van der Waals surface area (Å²) < 4.78 is 7.58. The maximum atomic E-state index is 11.7. The smallest absolute Gasteiger partial charge is 0.374 e. The molecule has 0 unspecified atom stereocenters. The summed E-state index contributed by atoms with van der Waals surface area (Å²) >= 11 is 3.39. The van der Waals surface area contributed by atoms with Gasteiger partial charge in [-0.25, -0.2) is 9.78 Å². The molecule has 1 heterocycles. The van der Waals surface area contributed by atoms with Crippen LogP contribution >= 0.6 is 15.9 Å². The molecule has 1 aromatic carbocycles. The molecule has 2 aromatic rings. The van der Waals surface area contributed by atoms with Crippen LogP contribution in [-0.4, -0.2) is 22.1 Å². The van der Waals surface area contributed by atoms with Gasteiger partial charge in [0.1, 0.15) is 0 Å². The number of nitrogens with zero attached hydrogens (tertiary/aromatic N) is 2. The zero-order valence-electron chi connectivity index (χ0n) is 9.26. The third-order valence-electron chi connectivity index (χ3n) is 2.19. The summed E-state index contributed by atoms with van der Waals surface area (Å²) in [7, 11) is 0. The average Bonchev–Trinajstić information content (AvgIpc) is 2.78. The third-order valence-corrected chi connectivity index (χ3v) is 2.68. The van der Waals surface area contributed by atoms with E-state index in [1.807, 2.05) is 24.3 Å². The molecule has 0 aliphatic carbocycles. The molecule has 0 amide bonds. The first-order valence-corrected chi connectivity index (χ1v) is 5.98. The van der Waals surface area contributed by atoms with E-state index < -0.39 is 5.97 Å². The second kappa shape index (κ2) is 5.14. The highest BCUT2D eigenvalue weighted by atomic mass is 79.9. The van der Waals surface area contributed by atoms with E-state index in [0.717, 1.165) is 10.2 Å². The number of imidazole rings is 1. The first-order valence-electron chi connectivity index (χ1n) is 5.18. The van der Waals surface area contributed by atoms with Gasteiger partial charge in [-0.05, 0) is 25.1 Å². The monoisotopic (exact) mass is 294 g/mol. The van der Waals surface area contributed by atoms with Crippen molar-refractivity contribution in [1.29, 1.82) is 0 Å². The fourth-order valence-electron chi connectivity index (χ4n) is 1.48. The number of halogens is 1. The summed E-state index contributed by atoms with van der Waals surface area (Å²) in [6, 6.07) is 7.62. The lowest BCUT2D eigenvalue weighted by molar-refractivity contribution is 0.0510. The first-order chi connectivity index (χ1) is 8.22. The molecule has 0 saturated carbocycles. The van der Waals surface area contributed by atoms with E-state index in [4.69, 9.17) is 4.74 Å². The first kappa shape index (κ1) is 11.9. The Morgan fingerprint density at radius 3 is 3.06 bits per heavy atom. The Morgan fingerprint density at radius 1 is 1.53 bits per heavy atom. The number of rotatable bonds is 3. The second-order valence-corrected chi connectivity index (χ2v) is 4.24. The molecule has 4 nitrogen and oxygen atoms in total. The minimum atomic E-state index is -0.419. The van der Waals surface area contributed by atoms with Gasteiger partial charge in [-0.1, -0.05) is 22.0 Å². The van der Waals surface area contributed by atoms with Crippen molar-refractivity contribution in [2.24, 2.45) is 0 Å². The van der Waals surface area contributed by atoms with Gasteiger partial charge < -0.3 is 4.74 Å². The maximum absolute atomic E-state index is 11.7. The van der Waals surface area contributed by atoms with Crippen LogP contribution < -0.4 is 0 Å². The van der Waals surface area contributed by atoms with Crippen LogP contribution in [0.25, 0.3) is 5.69 Å². The summed E-state index contributed by atoms with van der Waals surface area (Å²) in [5.41, 5.74) is 0.861. The van der Waals surface area contributed by atoms with Gasteiger partial charge in [-0.3, -0.25) is 4.57 Å². The maximum Gasteiger partial charge on any atom is 0.374 e. The van der Waals surface area contributed by atoms with Crippen LogP contribution in [0, 0.1) is 0 Å². The number of benzene rings is 1. The number of aromatic nitrogens is 2. The molecule has 0 fully saturated rings. The van der Waals surface area contributed by atoms with Crippen molar-refractivity contribution >= 4 is 21.9 Å². The van der Waals surface area contributed by atoms with E-state index in [0.29, 0.717) is 6.61 Å². The lowest BCUT2D eigenvalue weighted by atomic mass is 10.3. The van der Waals surface area contributed by atoms with E-state index in [1.54, 1.807) is 23.9 Å². The number of carbonyl (C=O) groups excluding carboxylic acids is 1. The second-order valence-electron chi connectivity index (χ2n) is 3.32. The van der Waals surface area contributed by atoms with Gasteiger partial charge in [0.05, 0.1) is 6.61 Å². The van der Waals surface area contributed by atoms with E-state index in [1.165, 1.54) is 0 Å². The van der Waals surface area contributed by atoms with E-state index in [-0.39, 0.29) is 5.82 Å². The van der Waals surface area contributed by atoms with Crippen molar-refractivity contribution in [2.45, 2.75) is 6.92 Å². The van der Waals surface area contributed by atoms with Crippen molar-refractivity contribution < 1.29 is 9.53 Å². The van der Waals surface area contributed by atoms with Crippen LogP contribution in [0.1, 0.15) is 17.5 Å². The summed E-state index contributed by atoms with van der Waals surface area (Å²) in [5, 5.41) is 0. The Kier molecular flexibility index (Phi) is 3.58. The Hall–Kier alpha value is -1.62. The van der Waals surface area contributed by atoms with Gasteiger partial charge in [0.2, 0.25) is 5.82 Å². The van der Waals surface area contributed by atoms with Crippen molar-refractivity contribution in [3.05, 3.63) is 47.0 Å². The molecule has 0 aliphatic heterocycles. The summed E-state index contributed by atoms with van der Waals surface area (Å²) in [5.74, 6) is -0.137. The predicted molar refractivity (Wildman–Crippen MR) is 67.2 cm³/mol. The Balaban J connectivity index is 2.40. The van der Waals surface area contributed by atoms with Crippen LogP contribution in [0.4, 0.5) is 0 Å². The van der Waals surface area contributed by atoms with E-state index in [2.05, 4.69) is 20.9 Å². The van der Waals surface area contributed by atoms with Crippen LogP contribution in [0.2, 0.25) is 0 Å². The van der Waals surface area contributed by atoms with Crippen molar-refractivity contribution in [3.8, 4) is 5.69 Å². The molecular formula is C12H11BrN2O2. The quantitative estimate of drug-likeness (QED) is 0.818. The molecule has 17 heavy (non-hydrogen) atoms. The molecule has 0 bridgehead atoms. The largest absolute Gasteiger partial charge is 0.460 e. The third kappa shape index (κ3) is 2.55. The zero-order chi connectivity index (χ0) is 12.3. The molecule has 0 aliphatic rings. The number of ether oxygens (including phenoxy) is 1. The average molecular weight is 295 g/mol. The lowest BCUT2D eigenvalue weighted by Crippen LogP contribution is -2.12. The van der Waals surface area contributed by atoms with Crippen LogP contribution in [-0.2, 0) is 4.74 Å². The van der Waals surface area contributed by atoms with Crippen LogP contribution in [0.5, 0.6) is 0 Å². The van der Waals surface area contributed by atoms with Crippen LogP contribution in [0.15, 0.2) is 41.1 Å². The topological polar surface area (TPSA) is 44.1 Å². The summed E-state index contributed by atoms with van der Waals surface area (Å²) in [6.07, 6.45) is 3.31. The number of esters is 1. The van der Waals surface area contributed by atoms with Crippen molar-refractivity contribution in [1.82, 2.24) is 9.55 Å². The van der Waals surface area contributed by atoms with Gasteiger partial charge in [-0.2, -0.15) is 0 Å². The van der Waals surface area contributed by atoms with Crippen LogP contribution in [0.3, 0.4) is 0 Å². The highest BCUT2D eigenvalue weighted by Gasteiger charge is 2.14. The zero-order valence-corrected chi connectivity index (χ0v) is 10.8. The fourth-order valence-corrected chi connectivity index (χ4v) is 1.87. The van der Waals surface area contributed by atoms with Gasteiger partial charge >= 0.3 is 5.97 Å². The lowest BCUT2D eigenvalue weighted by Gasteiger charge is -2.07. The number of hydrogen-bond donors (Lipinski definition) is 0. The standard InChI is InChI=1S/C12H11BrN2O2/c1-2-17-12(16)11-14-6-7-15(11)10-5-3-4-9(13)8-10/h3-8H,2H2,1H3. The molecule has 1 aromatic heterocycles. The SMILES string of the molecule is CCOC(=O)c1nccn1-c1cccc(Br)c1. The molecule has 5 heteroatoms. The van der Waals surface area contributed by atoms with Gasteiger partial charge in [0, 0.05) is 22.6 Å². The molecule has 0 radical (unpaired) electrons. The number of hydrogen-bond acceptors (Lipinski definition) is 3. The molecule has 0 N–H and O–H groups in total. The normalized spacial score (nSPS) is 10.2. The minimum Gasteiger partial charge on any atom is -0.460 e. The predicted octanol–water partition coefficient (Wildman–Crippen LogP) is 2.81. The van der Waals surface area contributed by atoms with Gasteiger partial charge in [0.15, 0.2) is 0 Å². The number of carbonyl (C=O) groups is 1.